The van der Waals surface area contributed by atoms with Crippen LogP contribution >= 0.6 is 11.6 Å². The summed E-state index contributed by atoms with van der Waals surface area (Å²) in [6.07, 6.45) is 2.94. The Morgan fingerprint density at radius 3 is 2.68 bits per heavy atom. The molecular formula is C26H24ClN7. The fourth-order valence-electron chi connectivity index (χ4n) is 5.08. The molecule has 2 aromatic carbocycles. The molecule has 34 heavy (non-hydrogen) atoms. The molecule has 1 fully saturated rings. The lowest BCUT2D eigenvalue weighted by Crippen LogP contribution is -2.31. The number of hydrogen-bond donors (Lipinski definition) is 0. The number of rotatable bonds is 3. The lowest BCUT2D eigenvalue weighted by atomic mass is 10.1. The normalized spacial score (nSPS) is 16.7. The predicted molar refractivity (Wildman–Crippen MR) is 133 cm³/mol. The van der Waals surface area contributed by atoms with Gasteiger partial charge in [0.2, 0.25) is 0 Å². The van der Waals surface area contributed by atoms with Crippen LogP contribution in [0.3, 0.4) is 0 Å². The Kier molecular flexibility index (Phi) is 4.94. The summed E-state index contributed by atoms with van der Waals surface area (Å²) in [6, 6.07) is 19.0. The van der Waals surface area contributed by atoms with Crippen molar-refractivity contribution in [3.63, 3.8) is 0 Å². The lowest BCUT2D eigenvalue weighted by Gasteiger charge is -2.23. The standard InChI is InChI=1S/C26H24ClN7/c1-31(2)21-9-10-32(15-21)20-7-8-23-19(11-20)14-33-24(26-30-29-16-34(23)26)12-22(25(33)27)18-5-3-17(13-28)4-6-18/h3-8,11-12,16,21H,9-10,14-15H2,1-2H3. The molecule has 1 unspecified atom stereocenters. The van der Waals surface area contributed by atoms with Crippen molar-refractivity contribution in [2.24, 2.45) is 0 Å². The molecule has 0 bridgehead atoms. The zero-order valence-corrected chi connectivity index (χ0v) is 19.9. The van der Waals surface area contributed by atoms with Crippen molar-refractivity contribution < 1.29 is 0 Å². The first-order valence-electron chi connectivity index (χ1n) is 11.4. The molecule has 0 saturated carbocycles. The average Bonchev–Trinajstić information content (AvgIpc) is 3.58. The number of anilines is 1. The molecule has 0 amide bonds. The Bertz CT molecular complexity index is 1420. The van der Waals surface area contributed by atoms with E-state index >= 15 is 0 Å². The van der Waals surface area contributed by atoms with Crippen molar-refractivity contribution in [3.05, 3.63) is 71.1 Å². The van der Waals surface area contributed by atoms with Gasteiger partial charge in [-0.05, 0) is 68.0 Å². The van der Waals surface area contributed by atoms with Crippen LogP contribution in [0.5, 0.6) is 0 Å². The highest BCUT2D eigenvalue weighted by Crippen LogP contribution is 2.40. The van der Waals surface area contributed by atoms with E-state index in [1.54, 1.807) is 6.33 Å². The quantitative estimate of drug-likeness (QED) is 0.391. The Hall–Kier alpha value is -3.60. The maximum Gasteiger partial charge on any atom is 0.185 e. The van der Waals surface area contributed by atoms with E-state index in [0.29, 0.717) is 23.3 Å². The molecule has 0 spiro atoms. The second kappa shape index (κ2) is 8.01. The van der Waals surface area contributed by atoms with E-state index < -0.39 is 0 Å². The summed E-state index contributed by atoms with van der Waals surface area (Å²) < 4.78 is 4.15. The van der Waals surface area contributed by atoms with Gasteiger partial charge in [0.25, 0.3) is 0 Å². The number of aromatic nitrogens is 4. The van der Waals surface area contributed by atoms with Crippen molar-refractivity contribution in [1.29, 1.82) is 5.26 Å². The first-order valence-corrected chi connectivity index (χ1v) is 11.8. The van der Waals surface area contributed by atoms with Crippen LogP contribution in [-0.2, 0) is 6.54 Å². The van der Waals surface area contributed by atoms with Crippen LogP contribution in [0.4, 0.5) is 5.69 Å². The highest BCUT2D eigenvalue weighted by molar-refractivity contribution is 6.32. The molecule has 170 valence electrons. The molecule has 0 aliphatic carbocycles. The third-order valence-electron chi connectivity index (χ3n) is 7.04. The second-order valence-electron chi connectivity index (χ2n) is 9.20. The molecule has 0 N–H and O–H groups in total. The van der Waals surface area contributed by atoms with Crippen molar-refractivity contribution in [2.75, 3.05) is 32.1 Å². The van der Waals surface area contributed by atoms with E-state index in [1.165, 1.54) is 17.7 Å². The molecule has 4 heterocycles. The Morgan fingerprint density at radius 2 is 1.94 bits per heavy atom. The lowest BCUT2D eigenvalue weighted by molar-refractivity contribution is 0.315. The summed E-state index contributed by atoms with van der Waals surface area (Å²) >= 11 is 6.97. The molecule has 0 radical (unpaired) electrons. The van der Waals surface area contributed by atoms with Gasteiger partial charge in [-0.1, -0.05) is 23.7 Å². The van der Waals surface area contributed by atoms with Crippen LogP contribution in [0.15, 0.2) is 54.9 Å². The summed E-state index contributed by atoms with van der Waals surface area (Å²) in [6.45, 7) is 2.72. The SMILES string of the molecule is CN(C)C1CCN(c2ccc3c(c2)Cn2c(cc(-c4ccc(C#N)cc4)c2Cl)-c2nncn2-3)C1. The van der Waals surface area contributed by atoms with Gasteiger partial charge in [0.1, 0.15) is 11.5 Å². The van der Waals surface area contributed by atoms with Crippen LogP contribution in [-0.4, -0.2) is 57.5 Å². The van der Waals surface area contributed by atoms with Crippen molar-refractivity contribution in [1.82, 2.24) is 24.2 Å². The second-order valence-corrected chi connectivity index (χ2v) is 9.56. The van der Waals surface area contributed by atoms with E-state index in [2.05, 4.69) is 69.0 Å². The van der Waals surface area contributed by atoms with Gasteiger partial charge in [0.05, 0.1) is 29.6 Å². The van der Waals surface area contributed by atoms with E-state index in [-0.39, 0.29) is 0 Å². The Morgan fingerprint density at radius 1 is 1.12 bits per heavy atom. The number of benzene rings is 2. The van der Waals surface area contributed by atoms with Crippen LogP contribution in [0, 0.1) is 11.3 Å². The fraction of sp³-hybridized carbons (Fsp3) is 0.269. The van der Waals surface area contributed by atoms with Gasteiger partial charge >= 0.3 is 0 Å². The van der Waals surface area contributed by atoms with Crippen molar-refractivity contribution >= 4 is 17.3 Å². The maximum atomic E-state index is 9.13. The van der Waals surface area contributed by atoms with E-state index in [4.69, 9.17) is 16.9 Å². The number of halogens is 1. The smallest absolute Gasteiger partial charge is 0.185 e. The van der Waals surface area contributed by atoms with Gasteiger partial charge in [0.15, 0.2) is 5.82 Å². The number of likely N-dealkylation sites (N-methyl/N-ethyl adjacent to an activating group) is 1. The number of nitriles is 1. The van der Waals surface area contributed by atoms with E-state index in [1.807, 2.05) is 28.8 Å². The van der Waals surface area contributed by atoms with Crippen LogP contribution in [0.25, 0.3) is 28.3 Å². The minimum Gasteiger partial charge on any atom is -0.370 e. The van der Waals surface area contributed by atoms with Crippen molar-refractivity contribution in [2.45, 2.75) is 19.0 Å². The molecule has 2 aromatic heterocycles. The molecule has 7 nitrogen and oxygen atoms in total. The van der Waals surface area contributed by atoms with Gasteiger partial charge in [-0.2, -0.15) is 5.26 Å². The van der Waals surface area contributed by atoms with Gasteiger partial charge in [-0.25, -0.2) is 0 Å². The van der Waals surface area contributed by atoms with Crippen molar-refractivity contribution in [3.8, 4) is 34.4 Å². The van der Waals surface area contributed by atoms with Gasteiger partial charge in [0, 0.05) is 30.4 Å². The Labute approximate surface area is 203 Å². The molecular weight excluding hydrogens is 446 g/mol. The summed E-state index contributed by atoms with van der Waals surface area (Å²) in [5.41, 5.74) is 6.92. The molecule has 1 atom stereocenters. The molecule has 6 rings (SSSR count). The van der Waals surface area contributed by atoms with Gasteiger partial charge in [-0.15, -0.1) is 10.2 Å². The molecule has 2 aliphatic rings. The van der Waals surface area contributed by atoms with Gasteiger partial charge < -0.3 is 14.4 Å². The largest absolute Gasteiger partial charge is 0.370 e. The third-order valence-corrected chi connectivity index (χ3v) is 7.45. The first-order chi connectivity index (χ1) is 16.5. The maximum absolute atomic E-state index is 9.13. The van der Waals surface area contributed by atoms with E-state index in [0.717, 1.165) is 41.4 Å². The molecule has 1 saturated heterocycles. The monoisotopic (exact) mass is 469 g/mol. The predicted octanol–water partition coefficient (Wildman–Crippen LogP) is 4.43. The summed E-state index contributed by atoms with van der Waals surface area (Å²) in [4.78, 5) is 4.77. The molecule has 2 aliphatic heterocycles. The summed E-state index contributed by atoms with van der Waals surface area (Å²) in [7, 11) is 4.31. The highest BCUT2D eigenvalue weighted by Gasteiger charge is 2.28. The average molecular weight is 470 g/mol. The topological polar surface area (TPSA) is 65.9 Å². The van der Waals surface area contributed by atoms with Gasteiger partial charge in [-0.3, -0.25) is 4.57 Å². The number of hydrogen-bond acceptors (Lipinski definition) is 5. The van der Waals surface area contributed by atoms with Crippen LogP contribution in [0.1, 0.15) is 17.5 Å². The number of fused-ring (bicyclic) bond motifs is 5. The number of nitrogens with zero attached hydrogens (tertiary/aromatic N) is 7. The molecule has 8 heteroatoms. The third kappa shape index (κ3) is 3.30. The summed E-state index contributed by atoms with van der Waals surface area (Å²) in [5, 5.41) is 18.4. The highest BCUT2D eigenvalue weighted by atomic mass is 35.5. The van der Waals surface area contributed by atoms with E-state index in [9.17, 15) is 0 Å². The first kappa shape index (κ1) is 21.0. The zero-order valence-electron chi connectivity index (χ0n) is 19.1. The van der Waals surface area contributed by atoms with Crippen LogP contribution in [0.2, 0.25) is 5.15 Å². The minimum atomic E-state index is 0.573. The summed E-state index contributed by atoms with van der Waals surface area (Å²) in [5.74, 6) is 0.766. The zero-order chi connectivity index (χ0) is 23.4. The Balaban J connectivity index is 1.43. The van der Waals surface area contributed by atoms with Crippen LogP contribution < -0.4 is 4.90 Å². The minimum absolute atomic E-state index is 0.573. The fourth-order valence-corrected chi connectivity index (χ4v) is 5.39. The molecule has 4 aromatic rings.